The molecule has 1 amide bonds. The number of rotatable bonds is 9. The third kappa shape index (κ3) is 5.63. The second kappa shape index (κ2) is 9.17. The Labute approximate surface area is 171 Å². The zero-order chi connectivity index (χ0) is 20.9. The van der Waals surface area contributed by atoms with Gasteiger partial charge in [0.25, 0.3) is 0 Å². The predicted molar refractivity (Wildman–Crippen MR) is 112 cm³/mol. The van der Waals surface area contributed by atoms with Gasteiger partial charge in [-0.2, -0.15) is 0 Å². The van der Waals surface area contributed by atoms with E-state index in [9.17, 15) is 13.2 Å². The summed E-state index contributed by atoms with van der Waals surface area (Å²) in [6.45, 7) is 2.93. The molecule has 3 rings (SSSR count). The van der Waals surface area contributed by atoms with Gasteiger partial charge in [0, 0.05) is 25.6 Å². The van der Waals surface area contributed by atoms with E-state index in [1.165, 1.54) is 9.87 Å². The number of carbonyl (C=O) groups is 1. The highest BCUT2D eigenvalue weighted by Crippen LogP contribution is 2.36. The lowest BCUT2D eigenvalue weighted by Crippen LogP contribution is -2.32. The minimum Gasteiger partial charge on any atom is -0.454 e. The fraction of sp³-hybridized carbons (Fsp3) is 0.381. The van der Waals surface area contributed by atoms with Gasteiger partial charge in [-0.25, -0.2) is 8.42 Å². The summed E-state index contributed by atoms with van der Waals surface area (Å²) in [4.78, 5) is 12.2. The fourth-order valence-electron chi connectivity index (χ4n) is 3.16. The summed E-state index contributed by atoms with van der Waals surface area (Å²) in [7, 11) is -3.49. The number of ether oxygens (including phenoxy) is 2. The molecule has 1 atom stereocenters. The first-order chi connectivity index (χ1) is 13.8. The molecule has 2 aromatic rings. The molecule has 29 heavy (non-hydrogen) atoms. The van der Waals surface area contributed by atoms with Crippen molar-refractivity contribution in [3.05, 3.63) is 54.1 Å². The molecule has 0 aromatic heterocycles. The van der Waals surface area contributed by atoms with Crippen LogP contribution in [0.5, 0.6) is 11.5 Å². The first-order valence-corrected chi connectivity index (χ1v) is 11.4. The van der Waals surface area contributed by atoms with Gasteiger partial charge in [-0.05, 0) is 30.0 Å². The number of hydrogen-bond donors (Lipinski definition) is 1. The second-order valence-electron chi connectivity index (χ2n) is 7.09. The molecule has 0 aliphatic carbocycles. The van der Waals surface area contributed by atoms with Crippen LogP contribution in [0.25, 0.3) is 0 Å². The van der Waals surface area contributed by atoms with Crippen molar-refractivity contribution in [2.24, 2.45) is 0 Å². The number of benzene rings is 2. The molecule has 0 radical (unpaired) electrons. The largest absolute Gasteiger partial charge is 0.454 e. The van der Waals surface area contributed by atoms with Crippen LogP contribution in [-0.2, 0) is 14.8 Å². The molecule has 7 nitrogen and oxygen atoms in total. The molecule has 0 saturated heterocycles. The minimum atomic E-state index is -3.49. The Morgan fingerprint density at radius 3 is 2.59 bits per heavy atom. The zero-order valence-corrected chi connectivity index (χ0v) is 17.4. The van der Waals surface area contributed by atoms with Crippen molar-refractivity contribution in [2.75, 3.05) is 30.4 Å². The number of carbonyl (C=O) groups excluding carboxylic acids is 1. The number of amides is 1. The van der Waals surface area contributed by atoms with Crippen LogP contribution in [0.1, 0.15) is 31.2 Å². The average Bonchev–Trinajstić information content (AvgIpc) is 3.17. The number of nitrogens with one attached hydrogen (secondary N) is 1. The van der Waals surface area contributed by atoms with E-state index in [0.29, 0.717) is 30.2 Å². The van der Waals surface area contributed by atoms with E-state index >= 15 is 0 Å². The highest BCUT2D eigenvalue weighted by Gasteiger charge is 2.21. The van der Waals surface area contributed by atoms with Gasteiger partial charge in [0.15, 0.2) is 11.5 Å². The van der Waals surface area contributed by atoms with Crippen molar-refractivity contribution in [1.29, 1.82) is 0 Å². The van der Waals surface area contributed by atoms with Gasteiger partial charge in [-0.3, -0.25) is 9.10 Å². The Morgan fingerprint density at radius 2 is 1.86 bits per heavy atom. The molecule has 0 spiro atoms. The smallest absolute Gasteiger partial charge is 0.232 e. The Morgan fingerprint density at radius 1 is 1.14 bits per heavy atom. The van der Waals surface area contributed by atoms with Crippen LogP contribution >= 0.6 is 0 Å². The molecule has 156 valence electrons. The zero-order valence-electron chi connectivity index (χ0n) is 16.6. The maximum Gasteiger partial charge on any atom is 0.232 e. The van der Waals surface area contributed by atoms with Crippen LogP contribution < -0.4 is 19.1 Å². The molecule has 2 aromatic carbocycles. The monoisotopic (exact) mass is 418 g/mol. The third-order valence-electron chi connectivity index (χ3n) is 4.78. The third-order valence-corrected chi connectivity index (χ3v) is 5.98. The van der Waals surface area contributed by atoms with E-state index in [2.05, 4.69) is 12.2 Å². The molecule has 1 heterocycles. The molecular weight excluding hydrogens is 392 g/mol. The second-order valence-corrected chi connectivity index (χ2v) is 9.00. The van der Waals surface area contributed by atoms with Gasteiger partial charge in [-0.15, -0.1) is 0 Å². The lowest BCUT2D eigenvalue weighted by atomic mass is 10.0. The van der Waals surface area contributed by atoms with Gasteiger partial charge in [0.05, 0.1) is 11.9 Å². The lowest BCUT2D eigenvalue weighted by Gasteiger charge is -2.22. The van der Waals surface area contributed by atoms with Crippen molar-refractivity contribution >= 4 is 21.6 Å². The number of sulfonamides is 1. The molecule has 8 heteroatoms. The summed E-state index contributed by atoms with van der Waals surface area (Å²) in [6.07, 6.45) is 1.81. The van der Waals surface area contributed by atoms with Crippen LogP contribution in [-0.4, -0.2) is 40.5 Å². The molecule has 1 aliphatic rings. The van der Waals surface area contributed by atoms with Crippen LogP contribution in [0.15, 0.2) is 48.5 Å². The lowest BCUT2D eigenvalue weighted by molar-refractivity contribution is -0.121. The topological polar surface area (TPSA) is 84.9 Å². The van der Waals surface area contributed by atoms with E-state index in [1.807, 2.05) is 30.3 Å². The van der Waals surface area contributed by atoms with Crippen LogP contribution in [0.2, 0.25) is 0 Å². The number of hydrogen-bond acceptors (Lipinski definition) is 5. The first kappa shape index (κ1) is 21.0. The van der Waals surface area contributed by atoms with E-state index in [-0.39, 0.29) is 31.6 Å². The summed E-state index contributed by atoms with van der Waals surface area (Å²) >= 11 is 0. The van der Waals surface area contributed by atoms with E-state index < -0.39 is 10.0 Å². The SMILES string of the molecule is C[C@@H](CNC(=O)CCCN(c1ccc2c(c1)OCO2)S(C)(=O)=O)c1ccccc1. The maximum atomic E-state index is 12.2. The Hall–Kier alpha value is -2.74. The van der Waals surface area contributed by atoms with Crippen molar-refractivity contribution in [3.8, 4) is 11.5 Å². The quantitative estimate of drug-likeness (QED) is 0.677. The number of anilines is 1. The van der Waals surface area contributed by atoms with Crippen molar-refractivity contribution in [1.82, 2.24) is 5.32 Å². The molecule has 1 N–H and O–H groups in total. The molecule has 0 bridgehead atoms. The molecule has 1 aliphatic heterocycles. The Kier molecular flexibility index (Phi) is 6.64. The van der Waals surface area contributed by atoms with Crippen LogP contribution in [0.4, 0.5) is 5.69 Å². The highest BCUT2D eigenvalue weighted by atomic mass is 32.2. The molecular formula is C21H26N2O5S. The van der Waals surface area contributed by atoms with Crippen molar-refractivity contribution < 1.29 is 22.7 Å². The summed E-state index contributed by atoms with van der Waals surface area (Å²) in [5, 5.41) is 2.92. The Bertz CT molecular complexity index is 947. The summed E-state index contributed by atoms with van der Waals surface area (Å²) < 4.78 is 36.3. The van der Waals surface area contributed by atoms with Gasteiger partial charge in [0.1, 0.15) is 0 Å². The average molecular weight is 419 g/mol. The summed E-state index contributed by atoms with van der Waals surface area (Å²) in [6, 6.07) is 15.0. The summed E-state index contributed by atoms with van der Waals surface area (Å²) in [5.41, 5.74) is 1.66. The van der Waals surface area contributed by atoms with Gasteiger partial charge >= 0.3 is 0 Å². The molecule has 0 saturated carbocycles. The van der Waals surface area contributed by atoms with Gasteiger partial charge in [-0.1, -0.05) is 37.3 Å². The minimum absolute atomic E-state index is 0.0908. The predicted octanol–water partition coefficient (Wildman–Crippen LogP) is 2.88. The van der Waals surface area contributed by atoms with Gasteiger partial charge in [0.2, 0.25) is 22.7 Å². The van der Waals surface area contributed by atoms with E-state index in [0.717, 1.165) is 6.26 Å². The van der Waals surface area contributed by atoms with Crippen LogP contribution in [0.3, 0.4) is 0 Å². The van der Waals surface area contributed by atoms with E-state index in [1.54, 1.807) is 18.2 Å². The van der Waals surface area contributed by atoms with Crippen molar-refractivity contribution in [3.63, 3.8) is 0 Å². The highest BCUT2D eigenvalue weighted by molar-refractivity contribution is 7.92. The van der Waals surface area contributed by atoms with E-state index in [4.69, 9.17) is 9.47 Å². The van der Waals surface area contributed by atoms with Gasteiger partial charge < -0.3 is 14.8 Å². The Balaban J connectivity index is 1.52. The maximum absolute atomic E-state index is 12.2. The molecule has 0 fully saturated rings. The summed E-state index contributed by atoms with van der Waals surface area (Å²) in [5.74, 6) is 1.23. The molecule has 0 unspecified atom stereocenters. The first-order valence-electron chi connectivity index (χ1n) is 9.53. The van der Waals surface area contributed by atoms with Crippen LogP contribution in [0, 0.1) is 0 Å². The number of nitrogens with zero attached hydrogens (tertiary/aromatic N) is 1. The number of fused-ring (bicyclic) bond motifs is 1. The fourth-order valence-corrected chi connectivity index (χ4v) is 4.12. The van der Waals surface area contributed by atoms with Crippen molar-refractivity contribution in [2.45, 2.75) is 25.7 Å². The standard InChI is InChI=1S/C21H26N2O5S/c1-16(17-7-4-3-5-8-17)14-22-21(24)9-6-12-23(29(2,25)26)18-10-11-19-20(13-18)28-15-27-19/h3-5,7-8,10-11,13,16H,6,9,12,14-15H2,1-2H3,(H,22,24)/t16-/m0/s1. The normalized spacial score (nSPS) is 13.7.